The first kappa shape index (κ1) is 73.9. The van der Waals surface area contributed by atoms with Crippen LogP contribution < -0.4 is 77.9 Å². The van der Waals surface area contributed by atoms with Crippen molar-refractivity contribution < 1.29 is 18.9 Å². The molecule has 0 aliphatic carbocycles. The van der Waals surface area contributed by atoms with E-state index in [1.54, 1.807) is 0 Å². The number of anilines is 6. The number of nitrogens with zero attached hydrogens (tertiary/aromatic N) is 2. The summed E-state index contributed by atoms with van der Waals surface area (Å²) in [5.41, 5.74) is 37.1. The van der Waals surface area contributed by atoms with E-state index in [0.717, 1.165) is 235 Å². The molecule has 25 rings (SSSR count). The summed E-state index contributed by atoms with van der Waals surface area (Å²) in [7, 11) is 0. The standard InChI is InChI=1S/C118H79B3N2O4/c1-118(2,3)90-70-99-109-100(71-90)123(115-93(82-50-30-12-31-51-82)64-89(79-44-24-9-25-45-79)65-94(115)83-52-32-13-33-53-83)102-73-108-113-117(127-106-61-57-87(77-40-20-7-21-41-77)69-98(106)120(113)96-67-85(55-59-104(96)125-108)75-36-16-5-17-37-75)111(102)121(109)110-101(122(99)114-91(80-46-26-10-27-47-80)62-88(78-42-22-8-23-43-78)63-92(114)81-48-28-11-29-49-81)72-107-112-116(110)126-105-60-56-86(76-38-18-6-19-39-76)68-97(105)119(112)95-66-84(54-58-103(95)124-107)74-34-14-4-15-35-74/h4-73H,1-3H3. The highest BCUT2D eigenvalue weighted by Gasteiger charge is 2.55. The average Bonchev–Trinajstić information content (AvgIpc) is 0.665. The van der Waals surface area contributed by atoms with Crippen LogP contribution >= 0.6 is 0 Å². The van der Waals surface area contributed by atoms with E-state index < -0.39 is 25.6 Å². The number of rotatable bonds is 12. The molecule has 6 nitrogen and oxygen atoms in total. The van der Waals surface area contributed by atoms with Crippen LogP contribution in [0.1, 0.15) is 26.3 Å². The Bertz CT molecular complexity index is 6980. The van der Waals surface area contributed by atoms with Gasteiger partial charge < -0.3 is 28.7 Å². The molecular weight excluding hydrogens is 1540 g/mol. The number of benzene rings is 19. The monoisotopic (exact) mass is 1620 g/mol. The summed E-state index contributed by atoms with van der Waals surface area (Å²) in [6.45, 7) is 5.61. The molecule has 127 heavy (non-hydrogen) atoms. The van der Waals surface area contributed by atoms with E-state index in [1.807, 2.05) is 0 Å². The first-order valence-corrected chi connectivity index (χ1v) is 44.0. The molecule has 19 aromatic rings. The molecule has 594 valence electrons. The molecule has 9 heteroatoms. The van der Waals surface area contributed by atoms with Crippen LogP contribution in [0.2, 0.25) is 0 Å². The molecular formula is C118H79B3N2O4. The zero-order chi connectivity index (χ0) is 84.1. The van der Waals surface area contributed by atoms with Crippen molar-refractivity contribution in [2.45, 2.75) is 26.2 Å². The smallest absolute Gasteiger partial charge is 0.261 e. The van der Waals surface area contributed by atoms with E-state index in [1.165, 1.54) is 0 Å². The molecule has 19 aromatic carbocycles. The van der Waals surface area contributed by atoms with Crippen LogP contribution in [0.3, 0.4) is 0 Å². The lowest BCUT2D eigenvalue weighted by molar-refractivity contribution is 0.466. The summed E-state index contributed by atoms with van der Waals surface area (Å²) in [4.78, 5) is 5.30. The third-order valence-electron chi connectivity index (χ3n) is 26.8. The highest BCUT2D eigenvalue weighted by molar-refractivity contribution is 7.05. The minimum Gasteiger partial charge on any atom is -0.459 e. The maximum atomic E-state index is 8.41. The molecule has 0 bridgehead atoms. The van der Waals surface area contributed by atoms with E-state index >= 15 is 0 Å². The quantitative estimate of drug-likeness (QED) is 0.114. The molecule has 0 atom stereocenters. The van der Waals surface area contributed by atoms with Gasteiger partial charge in [-0.3, -0.25) is 0 Å². The van der Waals surface area contributed by atoms with Gasteiger partial charge >= 0.3 is 0 Å². The van der Waals surface area contributed by atoms with E-state index in [-0.39, 0.29) is 0 Å². The molecule has 0 N–H and O–H groups in total. The van der Waals surface area contributed by atoms with Crippen LogP contribution in [0, 0.1) is 0 Å². The second-order valence-corrected chi connectivity index (χ2v) is 35.2. The molecule has 0 unspecified atom stereocenters. The minimum atomic E-state index is -0.685. The van der Waals surface area contributed by atoms with Gasteiger partial charge in [-0.2, -0.15) is 0 Å². The van der Waals surface area contributed by atoms with E-state index in [0.29, 0.717) is 11.5 Å². The van der Waals surface area contributed by atoms with Crippen molar-refractivity contribution in [2.75, 3.05) is 9.80 Å². The lowest BCUT2D eigenvalue weighted by Crippen LogP contribution is -2.67. The summed E-state index contributed by atoms with van der Waals surface area (Å²) < 4.78 is 32.6. The topological polar surface area (TPSA) is 43.4 Å². The van der Waals surface area contributed by atoms with Crippen LogP contribution in [0.4, 0.5) is 34.1 Å². The Kier molecular flexibility index (Phi) is 17.1. The van der Waals surface area contributed by atoms with Gasteiger partial charge in [0.25, 0.3) is 20.1 Å². The first-order valence-electron chi connectivity index (χ1n) is 44.0. The molecule has 0 saturated heterocycles. The van der Waals surface area contributed by atoms with Crippen molar-refractivity contribution in [3.63, 3.8) is 0 Å². The van der Waals surface area contributed by atoms with Gasteiger partial charge in [-0.05, 0) is 199 Å². The highest BCUT2D eigenvalue weighted by atomic mass is 16.5. The molecule has 0 fully saturated rings. The summed E-state index contributed by atoms with van der Waals surface area (Å²) in [6.07, 6.45) is 0. The van der Waals surface area contributed by atoms with Crippen molar-refractivity contribution in [1.82, 2.24) is 0 Å². The average molecular weight is 1620 g/mol. The van der Waals surface area contributed by atoms with Gasteiger partial charge in [-0.1, -0.05) is 373 Å². The van der Waals surface area contributed by atoms with E-state index in [9.17, 15) is 0 Å². The van der Waals surface area contributed by atoms with Gasteiger partial charge in [0.05, 0.1) is 11.4 Å². The van der Waals surface area contributed by atoms with Crippen molar-refractivity contribution in [3.05, 3.63) is 430 Å². The Morgan fingerprint density at radius 1 is 0.189 bits per heavy atom. The Morgan fingerprint density at radius 2 is 0.425 bits per heavy atom. The lowest BCUT2D eigenvalue weighted by Gasteiger charge is -2.49. The third-order valence-corrected chi connectivity index (χ3v) is 26.8. The Balaban J connectivity index is 0.879. The fourth-order valence-corrected chi connectivity index (χ4v) is 20.9. The van der Waals surface area contributed by atoms with Crippen molar-refractivity contribution >= 4 is 103 Å². The number of hydrogen-bond donors (Lipinski definition) is 0. The normalized spacial score (nSPS) is 13.0. The van der Waals surface area contributed by atoms with E-state index in [4.69, 9.17) is 18.9 Å². The first-order chi connectivity index (χ1) is 62.6. The van der Waals surface area contributed by atoms with Crippen LogP contribution in [-0.4, -0.2) is 20.1 Å². The zero-order valence-electron chi connectivity index (χ0n) is 70.2. The minimum absolute atomic E-state index is 0.404. The summed E-state index contributed by atoms with van der Waals surface area (Å²) >= 11 is 0. The molecule has 6 aliphatic heterocycles. The molecule has 0 saturated carbocycles. The lowest BCUT2D eigenvalue weighted by atomic mass is 9.28. The Labute approximate surface area is 740 Å². The van der Waals surface area contributed by atoms with Crippen LogP contribution in [0.25, 0.3) is 111 Å². The van der Waals surface area contributed by atoms with Crippen LogP contribution in [0.5, 0.6) is 46.0 Å². The van der Waals surface area contributed by atoms with Gasteiger partial charge in [0.1, 0.15) is 46.0 Å². The van der Waals surface area contributed by atoms with Crippen molar-refractivity contribution in [3.8, 4) is 157 Å². The second-order valence-electron chi connectivity index (χ2n) is 35.2. The summed E-state index contributed by atoms with van der Waals surface area (Å²) in [5, 5.41) is 0. The third kappa shape index (κ3) is 12.1. The molecule has 6 heterocycles. The van der Waals surface area contributed by atoms with Crippen LogP contribution in [0.15, 0.2) is 425 Å². The molecule has 0 amide bonds. The van der Waals surface area contributed by atoms with E-state index in [2.05, 4.69) is 455 Å². The zero-order valence-corrected chi connectivity index (χ0v) is 70.2. The molecule has 0 spiro atoms. The second kappa shape index (κ2) is 29.4. The molecule has 0 radical (unpaired) electrons. The SMILES string of the molecule is CC(C)(C)c1cc2c3c(c1)N(c1c(-c4ccccc4)cc(-c4ccccc4)cc1-c1ccccc1)c1cc4c5c(c1B3c1c(cc3c6c1Oc1ccc(-c7ccccc7)cc1B6c1cc(-c6ccccc6)ccc1O3)N2c1c(-c2ccccc2)cc(-c2ccccc2)cc1-c1ccccc1)Oc1ccc(-c2ccccc2)cc1B5c1cc(-c2ccccc2)ccc1O4. The van der Waals surface area contributed by atoms with Gasteiger partial charge in [0.15, 0.2) is 0 Å². The Hall–Kier alpha value is -15.8. The fourth-order valence-electron chi connectivity index (χ4n) is 20.9. The van der Waals surface area contributed by atoms with Crippen LogP contribution in [-0.2, 0) is 5.41 Å². The van der Waals surface area contributed by atoms with Crippen molar-refractivity contribution in [2.24, 2.45) is 0 Å². The Morgan fingerprint density at radius 3 is 0.685 bits per heavy atom. The van der Waals surface area contributed by atoms with Gasteiger partial charge in [-0.25, -0.2) is 0 Å². The number of fused-ring (bicyclic) bond motifs is 14. The predicted molar refractivity (Wildman–Crippen MR) is 529 cm³/mol. The largest absolute Gasteiger partial charge is 0.459 e. The molecule has 0 aromatic heterocycles. The van der Waals surface area contributed by atoms with Gasteiger partial charge in [0, 0.05) is 68.1 Å². The van der Waals surface area contributed by atoms with Gasteiger partial charge in [0.2, 0.25) is 0 Å². The number of ether oxygens (including phenoxy) is 4. The highest BCUT2D eigenvalue weighted by Crippen LogP contribution is 2.58. The summed E-state index contributed by atoms with van der Waals surface area (Å²) in [5.74, 6) is 5.96. The van der Waals surface area contributed by atoms with Gasteiger partial charge in [-0.15, -0.1) is 0 Å². The van der Waals surface area contributed by atoms with Crippen molar-refractivity contribution in [1.29, 1.82) is 0 Å². The summed E-state index contributed by atoms with van der Waals surface area (Å²) in [6, 6.07) is 156. The maximum absolute atomic E-state index is 8.41. The molecule has 6 aliphatic rings. The predicted octanol–water partition coefficient (Wildman–Crippen LogP) is 25.2. The fraction of sp³-hybridized carbons (Fsp3) is 0.0339. The number of hydrogen-bond acceptors (Lipinski definition) is 6. The maximum Gasteiger partial charge on any atom is 0.261 e.